The molecule has 0 unspecified atom stereocenters. The predicted molar refractivity (Wildman–Crippen MR) is 89.5 cm³/mol. The first-order valence-electron chi connectivity index (χ1n) is 7.07. The molecule has 0 saturated heterocycles. The van der Waals surface area contributed by atoms with E-state index in [1.165, 1.54) is 13.2 Å². The van der Waals surface area contributed by atoms with Gasteiger partial charge in [0.2, 0.25) is 0 Å². The van der Waals surface area contributed by atoms with Crippen LogP contribution in [0.5, 0.6) is 11.5 Å². The van der Waals surface area contributed by atoms with Gasteiger partial charge >= 0.3 is 10.1 Å². The normalized spacial score (nSPS) is 11.4. The lowest BCUT2D eigenvalue weighted by molar-refractivity contribution is 0.398. The third kappa shape index (κ3) is 3.14. The fraction of sp³-hybridized carbons (Fsp3) is 0.111. The predicted octanol–water partition coefficient (Wildman–Crippen LogP) is 3.92. The molecule has 0 heterocycles. The van der Waals surface area contributed by atoms with E-state index in [1.54, 1.807) is 24.3 Å². The molecule has 3 aromatic carbocycles. The number of hydrogen-bond acceptors (Lipinski definition) is 4. The van der Waals surface area contributed by atoms with Crippen LogP contribution in [0.4, 0.5) is 0 Å². The number of hydrogen-bond donors (Lipinski definition) is 0. The van der Waals surface area contributed by atoms with E-state index >= 15 is 0 Å². The zero-order valence-electron chi connectivity index (χ0n) is 12.8. The van der Waals surface area contributed by atoms with Crippen molar-refractivity contribution in [2.45, 2.75) is 11.8 Å². The van der Waals surface area contributed by atoms with Gasteiger partial charge in [-0.2, -0.15) is 8.42 Å². The van der Waals surface area contributed by atoms with Crippen molar-refractivity contribution in [2.75, 3.05) is 7.11 Å². The van der Waals surface area contributed by atoms with E-state index in [1.807, 2.05) is 37.3 Å². The molecule has 0 N–H and O–H groups in total. The molecule has 118 valence electrons. The smallest absolute Gasteiger partial charge is 0.342 e. The van der Waals surface area contributed by atoms with E-state index in [4.69, 9.17) is 8.92 Å². The fourth-order valence-electron chi connectivity index (χ4n) is 2.37. The highest BCUT2D eigenvalue weighted by Crippen LogP contribution is 2.29. The molecule has 0 amide bonds. The molecule has 5 heteroatoms. The quantitative estimate of drug-likeness (QED) is 0.681. The molecule has 0 radical (unpaired) electrons. The Balaban J connectivity index is 2.01. The van der Waals surface area contributed by atoms with Gasteiger partial charge in [0, 0.05) is 0 Å². The summed E-state index contributed by atoms with van der Waals surface area (Å²) in [5, 5.41) is 1.93. The Morgan fingerprint density at radius 2 is 1.61 bits per heavy atom. The molecule has 0 aliphatic rings. The summed E-state index contributed by atoms with van der Waals surface area (Å²) in [6.07, 6.45) is 0. The van der Waals surface area contributed by atoms with E-state index in [0.717, 1.165) is 16.3 Å². The summed E-state index contributed by atoms with van der Waals surface area (Å²) in [6, 6.07) is 17.8. The van der Waals surface area contributed by atoms with Gasteiger partial charge in [0.25, 0.3) is 0 Å². The first-order valence-corrected chi connectivity index (χ1v) is 8.48. The summed E-state index contributed by atoms with van der Waals surface area (Å²) < 4.78 is 35.6. The maximum absolute atomic E-state index is 12.6. The molecule has 0 bridgehead atoms. The third-order valence-electron chi connectivity index (χ3n) is 3.52. The van der Waals surface area contributed by atoms with Gasteiger partial charge in [0.15, 0.2) is 0 Å². The van der Waals surface area contributed by atoms with Crippen molar-refractivity contribution < 1.29 is 17.3 Å². The van der Waals surface area contributed by atoms with Gasteiger partial charge in [-0.15, -0.1) is 0 Å². The molecular weight excluding hydrogens is 312 g/mol. The molecular formula is C18H16O4S. The number of benzene rings is 3. The monoisotopic (exact) mass is 328 g/mol. The van der Waals surface area contributed by atoms with Gasteiger partial charge in [-0.05, 0) is 47.5 Å². The van der Waals surface area contributed by atoms with Crippen LogP contribution in [0.25, 0.3) is 10.8 Å². The van der Waals surface area contributed by atoms with Crippen LogP contribution < -0.4 is 8.92 Å². The molecule has 0 saturated carbocycles. The summed E-state index contributed by atoms with van der Waals surface area (Å²) in [7, 11) is -2.54. The number of methoxy groups -OCH3 is 1. The number of ether oxygens (including phenoxy) is 1. The van der Waals surface area contributed by atoms with E-state index in [9.17, 15) is 8.42 Å². The molecule has 0 spiro atoms. The summed E-state index contributed by atoms with van der Waals surface area (Å²) in [5.41, 5.74) is 0.812. The summed E-state index contributed by atoms with van der Waals surface area (Å²) in [4.78, 5) is 0.0214. The van der Waals surface area contributed by atoms with E-state index in [-0.39, 0.29) is 16.4 Å². The summed E-state index contributed by atoms with van der Waals surface area (Å²) in [6.45, 7) is 1.81. The minimum atomic E-state index is -3.97. The van der Waals surface area contributed by atoms with Crippen molar-refractivity contribution in [3.05, 3.63) is 66.2 Å². The van der Waals surface area contributed by atoms with Crippen LogP contribution in [-0.2, 0) is 10.1 Å². The highest BCUT2D eigenvalue weighted by molar-refractivity contribution is 7.87. The van der Waals surface area contributed by atoms with Crippen molar-refractivity contribution in [1.82, 2.24) is 0 Å². The SMILES string of the molecule is COc1ccc(C)cc1S(=O)(=O)Oc1ccc2ccccc2c1. The van der Waals surface area contributed by atoms with E-state index in [2.05, 4.69) is 0 Å². The molecule has 0 aliphatic heterocycles. The van der Waals surface area contributed by atoms with Crippen molar-refractivity contribution in [2.24, 2.45) is 0 Å². The zero-order chi connectivity index (χ0) is 16.4. The molecule has 4 nitrogen and oxygen atoms in total. The second kappa shape index (κ2) is 5.93. The van der Waals surface area contributed by atoms with Crippen molar-refractivity contribution >= 4 is 20.9 Å². The lowest BCUT2D eigenvalue weighted by Crippen LogP contribution is -2.11. The lowest BCUT2D eigenvalue weighted by Gasteiger charge is -2.11. The second-order valence-electron chi connectivity index (χ2n) is 5.20. The Bertz CT molecular complexity index is 962. The van der Waals surface area contributed by atoms with Crippen LogP contribution in [0.15, 0.2) is 65.6 Å². The first-order chi connectivity index (χ1) is 11.0. The minimum Gasteiger partial charge on any atom is -0.495 e. The van der Waals surface area contributed by atoms with Gasteiger partial charge < -0.3 is 8.92 Å². The third-order valence-corrected chi connectivity index (χ3v) is 4.78. The Kier molecular flexibility index (Phi) is 3.96. The Morgan fingerprint density at radius 3 is 2.35 bits per heavy atom. The minimum absolute atomic E-state index is 0.0214. The van der Waals surface area contributed by atoms with E-state index in [0.29, 0.717) is 0 Å². The number of aryl methyl sites for hydroxylation is 1. The van der Waals surface area contributed by atoms with Crippen molar-refractivity contribution in [3.63, 3.8) is 0 Å². The molecule has 0 aliphatic carbocycles. The van der Waals surface area contributed by atoms with Crippen LogP contribution >= 0.6 is 0 Å². The van der Waals surface area contributed by atoms with Crippen LogP contribution in [0.3, 0.4) is 0 Å². The number of fused-ring (bicyclic) bond motifs is 1. The highest BCUT2D eigenvalue weighted by Gasteiger charge is 2.22. The van der Waals surface area contributed by atoms with Crippen LogP contribution in [0.1, 0.15) is 5.56 Å². The Hall–Kier alpha value is -2.53. The summed E-state index contributed by atoms with van der Waals surface area (Å²) in [5.74, 6) is 0.531. The molecule has 3 aromatic rings. The Morgan fingerprint density at radius 1 is 0.870 bits per heavy atom. The molecule has 0 aromatic heterocycles. The number of rotatable bonds is 4. The van der Waals surface area contributed by atoms with Crippen LogP contribution in [-0.4, -0.2) is 15.5 Å². The van der Waals surface area contributed by atoms with Gasteiger partial charge in [-0.3, -0.25) is 0 Å². The molecule has 23 heavy (non-hydrogen) atoms. The zero-order valence-corrected chi connectivity index (χ0v) is 13.6. The maximum atomic E-state index is 12.6. The fourth-order valence-corrected chi connectivity index (χ4v) is 3.54. The summed E-state index contributed by atoms with van der Waals surface area (Å²) >= 11 is 0. The molecule has 3 rings (SSSR count). The standard InChI is InChI=1S/C18H16O4S/c1-13-7-10-17(21-2)18(11-13)23(19,20)22-16-9-8-14-5-3-4-6-15(14)12-16/h3-12H,1-2H3. The molecule has 0 fully saturated rings. The van der Waals surface area contributed by atoms with Gasteiger partial charge in [-0.1, -0.05) is 36.4 Å². The largest absolute Gasteiger partial charge is 0.495 e. The van der Waals surface area contributed by atoms with Crippen molar-refractivity contribution in [3.8, 4) is 11.5 Å². The second-order valence-corrected chi connectivity index (χ2v) is 6.72. The maximum Gasteiger partial charge on any atom is 0.342 e. The lowest BCUT2D eigenvalue weighted by atomic mass is 10.1. The molecule has 0 atom stereocenters. The van der Waals surface area contributed by atoms with Crippen LogP contribution in [0.2, 0.25) is 0 Å². The highest BCUT2D eigenvalue weighted by atomic mass is 32.2. The van der Waals surface area contributed by atoms with Gasteiger partial charge in [-0.25, -0.2) is 0 Å². The van der Waals surface area contributed by atoms with Gasteiger partial charge in [0.1, 0.15) is 16.4 Å². The average Bonchev–Trinajstić information content (AvgIpc) is 2.54. The van der Waals surface area contributed by atoms with E-state index < -0.39 is 10.1 Å². The first kappa shape index (κ1) is 15.4. The van der Waals surface area contributed by atoms with Crippen LogP contribution in [0, 0.1) is 6.92 Å². The average molecular weight is 328 g/mol. The topological polar surface area (TPSA) is 52.6 Å². The van der Waals surface area contributed by atoms with Crippen molar-refractivity contribution in [1.29, 1.82) is 0 Å². The Labute approximate surface area is 135 Å². The van der Waals surface area contributed by atoms with Gasteiger partial charge in [0.05, 0.1) is 7.11 Å².